The predicted molar refractivity (Wildman–Crippen MR) is 105 cm³/mol. The minimum Gasteiger partial charge on any atom is -0.497 e. The second kappa shape index (κ2) is 8.37. The van der Waals surface area contributed by atoms with E-state index in [4.69, 9.17) is 4.74 Å². The summed E-state index contributed by atoms with van der Waals surface area (Å²) in [5.41, 5.74) is 2.47. The van der Waals surface area contributed by atoms with Crippen molar-refractivity contribution in [1.29, 1.82) is 0 Å². The summed E-state index contributed by atoms with van der Waals surface area (Å²) in [7, 11) is -1.85. The molecule has 27 heavy (non-hydrogen) atoms. The largest absolute Gasteiger partial charge is 0.497 e. The number of nitrogens with zero attached hydrogens (tertiary/aromatic N) is 2. The van der Waals surface area contributed by atoms with Crippen LogP contribution in [0.4, 0.5) is 0 Å². The Labute approximate surface area is 166 Å². The van der Waals surface area contributed by atoms with Crippen molar-refractivity contribution in [2.75, 3.05) is 26.0 Å². The molecule has 1 aliphatic heterocycles. The van der Waals surface area contributed by atoms with Crippen LogP contribution in [0.1, 0.15) is 21.5 Å². The Balaban J connectivity index is 1.58. The SMILES string of the molecule is COc1ccc2c(c1)CCN(S(=O)(=O)CCNC(=O)c1cncc(Br)c1)C2. The fraction of sp³-hybridized carbons (Fsp3) is 0.333. The van der Waals surface area contributed by atoms with Crippen LogP contribution in [-0.4, -0.2) is 49.6 Å². The van der Waals surface area contributed by atoms with E-state index in [2.05, 4.69) is 26.2 Å². The van der Waals surface area contributed by atoms with Crippen molar-refractivity contribution >= 4 is 31.9 Å². The molecule has 0 saturated heterocycles. The summed E-state index contributed by atoms with van der Waals surface area (Å²) in [6.07, 6.45) is 3.65. The van der Waals surface area contributed by atoms with Gasteiger partial charge in [0.15, 0.2) is 0 Å². The first-order valence-corrected chi connectivity index (χ1v) is 10.8. The van der Waals surface area contributed by atoms with Gasteiger partial charge in [0.2, 0.25) is 10.0 Å². The van der Waals surface area contributed by atoms with Gasteiger partial charge < -0.3 is 10.1 Å². The van der Waals surface area contributed by atoms with Gasteiger partial charge in [-0.3, -0.25) is 9.78 Å². The van der Waals surface area contributed by atoms with E-state index in [-0.39, 0.29) is 18.2 Å². The maximum atomic E-state index is 12.6. The maximum absolute atomic E-state index is 12.6. The van der Waals surface area contributed by atoms with Crippen molar-refractivity contribution in [1.82, 2.24) is 14.6 Å². The number of hydrogen-bond donors (Lipinski definition) is 1. The van der Waals surface area contributed by atoms with Crippen LogP contribution in [0.5, 0.6) is 5.75 Å². The summed E-state index contributed by atoms with van der Waals surface area (Å²) >= 11 is 3.25. The topological polar surface area (TPSA) is 88.6 Å². The zero-order valence-corrected chi connectivity index (χ0v) is 17.2. The Morgan fingerprint density at radius 1 is 1.30 bits per heavy atom. The van der Waals surface area contributed by atoms with Crippen molar-refractivity contribution < 1.29 is 17.9 Å². The average Bonchev–Trinajstić information content (AvgIpc) is 2.66. The zero-order valence-electron chi connectivity index (χ0n) is 14.8. The van der Waals surface area contributed by atoms with Crippen molar-refractivity contribution in [3.8, 4) is 5.75 Å². The van der Waals surface area contributed by atoms with Crippen LogP contribution in [0, 0.1) is 0 Å². The molecular formula is C18H20BrN3O4S. The molecule has 144 valence electrons. The lowest BCUT2D eigenvalue weighted by Crippen LogP contribution is -2.40. The molecule has 0 aliphatic carbocycles. The molecule has 1 aromatic carbocycles. The number of amides is 1. The fourth-order valence-corrected chi connectivity index (χ4v) is 4.62. The lowest BCUT2D eigenvalue weighted by atomic mass is 10.0. The van der Waals surface area contributed by atoms with E-state index in [1.54, 1.807) is 19.4 Å². The molecule has 9 heteroatoms. The maximum Gasteiger partial charge on any atom is 0.252 e. The number of methoxy groups -OCH3 is 1. The third-order valence-electron chi connectivity index (χ3n) is 4.40. The Bertz CT molecular complexity index is 949. The molecule has 0 fully saturated rings. The van der Waals surface area contributed by atoms with E-state index in [1.165, 1.54) is 10.5 Å². The molecule has 1 aliphatic rings. The number of pyridine rings is 1. The molecule has 0 radical (unpaired) electrons. The van der Waals surface area contributed by atoms with Crippen molar-refractivity contribution in [2.45, 2.75) is 13.0 Å². The second-order valence-corrected chi connectivity index (χ2v) is 9.19. The van der Waals surface area contributed by atoms with Gasteiger partial charge in [0.1, 0.15) is 5.75 Å². The Kier molecular flexibility index (Phi) is 6.13. The first kappa shape index (κ1) is 19.8. The van der Waals surface area contributed by atoms with Crippen LogP contribution < -0.4 is 10.1 Å². The number of nitrogens with one attached hydrogen (secondary N) is 1. The molecule has 0 atom stereocenters. The molecule has 2 heterocycles. The first-order valence-electron chi connectivity index (χ1n) is 8.41. The van der Waals surface area contributed by atoms with Crippen LogP contribution in [-0.2, 0) is 23.0 Å². The highest BCUT2D eigenvalue weighted by Gasteiger charge is 2.26. The number of sulfonamides is 1. The Morgan fingerprint density at radius 3 is 2.85 bits per heavy atom. The molecule has 0 saturated carbocycles. The van der Waals surface area contributed by atoms with Crippen molar-refractivity contribution in [2.24, 2.45) is 0 Å². The van der Waals surface area contributed by atoms with Gasteiger partial charge in [-0.15, -0.1) is 0 Å². The smallest absolute Gasteiger partial charge is 0.252 e. The molecule has 0 unspecified atom stereocenters. The van der Waals surface area contributed by atoms with Gasteiger partial charge in [-0.2, -0.15) is 4.31 Å². The van der Waals surface area contributed by atoms with E-state index in [0.717, 1.165) is 16.9 Å². The summed E-state index contributed by atoms with van der Waals surface area (Å²) in [5.74, 6) is 0.274. The van der Waals surface area contributed by atoms with Gasteiger partial charge in [-0.25, -0.2) is 8.42 Å². The van der Waals surface area contributed by atoms with Crippen LogP contribution in [0.15, 0.2) is 41.1 Å². The number of carbonyl (C=O) groups is 1. The number of ether oxygens (including phenoxy) is 1. The molecule has 1 amide bonds. The molecule has 0 spiro atoms. The molecular weight excluding hydrogens is 434 g/mol. The number of benzene rings is 1. The highest BCUT2D eigenvalue weighted by molar-refractivity contribution is 9.10. The van der Waals surface area contributed by atoms with Gasteiger partial charge >= 0.3 is 0 Å². The number of rotatable bonds is 6. The summed E-state index contributed by atoms with van der Waals surface area (Å²) in [6, 6.07) is 7.32. The second-order valence-electron chi connectivity index (χ2n) is 6.18. The Hall–Kier alpha value is -1.97. The third kappa shape index (κ3) is 4.85. The molecule has 3 rings (SSSR count). The number of hydrogen-bond acceptors (Lipinski definition) is 5. The Morgan fingerprint density at radius 2 is 2.11 bits per heavy atom. The van der Waals surface area contributed by atoms with Gasteiger partial charge in [-0.1, -0.05) is 6.07 Å². The van der Waals surface area contributed by atoms with Gasteiger partial charge in [0.25, 0.3) is 5.91 Å². The summed E-state index contributed by atoms with van der Waals surface area (Å²) < 4.78 is 32.6. The molecule has 1 N–H and O–H groups in total. The summed E-state index contributed by atoms with van der Waals surface area (Å²) in [4.78, 5) is 16.0. The number of halogens is 1. The predicted octanol–water partition coefficient (Wildman–Crippen LogP) is 1.97. The van der Waals surface area contributed by atoms with Crippen molar-refractivity contribution in [3.05, 3.63) is 57.8 Å². The zero-order chi connectivity index (χ0) is 19.4. The highest BCUT2D eigenvalue weighted by atomic mass is 79.9. The molecule has 2 aromatic rings. The fourth-order valence-electron chi connectivity index (χ4n) is 2.93. The minimum absolute atomic E-state index is 0.0413. The van der Waals surface area contributed by atoms with E-state index < -0.39 is 10.0 Å². The molecule has 1 aromatic heterocycles. The van der Waals surface area contributed by atoms with E-state index in [0.29, 0.717) is 29.5 Å². The first-order chi connectivity index (χ1) is 12.9. The number of aromatic nitrogens is 1. The number of carbonyl (C=O) groups excluding carboxylic acids is 1. The van der Waals surface area contributed by atoms with E-state index in [1.807, 2.05) is 18.2 Å². The monoisotopic (exact) mass is 453 g/mol. The molecule has 0 bridgehead atoms. The summed E-state index contributed by atoms with van der Waals surface area (Å²) in [5, 5.41) is 2.63. The van der Waals surface area contributed by atoms with Crippen LogP contribution >= 0.6 is 15.9 Å². The lowest BCUT2D eigenvalue weighted by molar-refractivity contribution is 0.0955. The van der Waals surface area contributed by atoms with Gasteiger partial charge in [-0.05, 0) is 51.7 Å². The normalized spacial score (nSPS) is 14.4. The van der Waals surface area contributed by atoms with E-state index in [9.17, 15) is 13.2 Å². The van der Waals surface area contributed by atoms with Crippen LogP contribution in [0.3, 0.4) is 0 Å². The quantitative estimate of drug-likeness (QED) is 0.721. The average molecular weight is 454 g/mol. The van der Waals surface area contributed by atoms with Gasteiger partial charge in [0.05, 0.1) is 18.4 Å². The third-order valence-corrected chi connectivity index (χ3v) is 6.65. The lowest BCUT2D eigenvalue weighted by Gasteiger charge is -2.28. The minimum atomic E-state index is -3.47. The van der Waals surface area contributed by atoms with Crippen LogP contribution in [0.2, 0.25) is 0 Å². The summed E-state index contributed by atoms with van der Waals surface area (Å²) in [6.45, 7) is 0.802. The van der Waals surface area contributed by atoms with E-state index >= 15 is 0 Å². The van der Waals surface area contributed by atoms with Crippen molar-refractivity contribution in [3.63, 3.8) is 0 Å². The number of fused-ring (bicyclic) bond motifs is 1. The van der Waals surface area contributed by atoms with Crippen LogP contribution in [0.25, 0.3) is 0 Å². The highest BCUT2D eigenvalue weighted by Crippen LogP contribution is 2.25. The molecule has 7 nitrogen and oxygen atoms in total. The standard InChI is InChI=1S/C18H20BrN3O4S/c1-26-17-3-2-14-12-22(6-4-13(14)9-17)27(24,25)7-5-21-18(23)15-8-16(19)11-20-10-15/h2-3,8-11H,4-7,12H2,1H3,(H,21,23). The van der Waals surface area contributed by atoms with Gasteiger partial charge in [0, 0.05) is 36.5 Å².